The van der Waals surface area contributed by atoms with Gasteiger partial charge in [0.05, 0.1) is 6.10 Å². The van der Waals surface area contributed by atoms with E-state index < -0.39 is 6.10 Å². The molecule has 0 saturated heterocycles. The maximum absolute atomic E-state index is 10.3. The second kappa shape index (κ2) is 6.29. The van der Waals surface area contributed by atoms with Gasteiger partial charge in [0.2, 0.25) is 0 Å². The van der Waals surface area contributed by atoms with Crippen molar-refractivity contribution in [2.75, 3.05) is 6.54 Å². The molecule has 0 amide bonds. The molecule has 0 bridgehead atoms. The summed E-state index contributed by atoms with van der Waals surface area (Å²) in [7, 11) is 0. The summed E-state index contributed by atoms with van der Waals surface area (Å²) in [6, 6.07) is 16.2. The van der Waals surface area contributed by atoms with Crippen LogP contribution in [0.3, 0.4) is 0 Å². The van der Waals surface area contributed by atoms with E-state index in [9.17, 15) is 5.11 Å². The number of fused-ring (bicyclic) bond motifs is 1. The maximum atomic E-state index is 10.3. The Bertz CT molecular complexity index is 597. The summed E-state index contributed by atoms with van der Waals surface area (Å²) in [5.74, 6) is 0.861. The van der Waals surface area contributed by atoms with Gasteiger partial charge < -0.3 is 15.2 Å². The van der Waals surface area contributed by atoms with Crippen molar-refractivity contribution in [1.82, 2.24) is 5.32 Å². The number of rotatable bonds is 3. The summed E-state index contributed by atoms with van der Waals surface area (Å²) < 4.78 is 5.86. The molecule has 3 rings (SSSR count). The van der Waals surface area contributed by atoms with Crippen molar-refractivity contribution in [3.8, 4) is 5.75 Å². The first-order chi connectivity index (χ1) is 10.2. The second-order valence-corrected chi connectivity index (χ2v) is 5.57. The van der Waals surface area contributed by atoms with Crippen molar-refractivity contribution in [2.45, 2.75) is 32.1 Å². The van der Waals surface area contributed by atoms with Crippen molar-refractivity contribution in [3.05, 3.63) is 65.2 Å². The number of hydrogen-bond donors (Lipinski definition) is 2. The van der Waals surface area contributed by atoms with Crippen molar-refractivity contribution >= 4 is 0 Å². The molecule has 21 heavy (non-hydrogen) atoms. The van der Waals surface area contributed by atoms with E-state index in [4.69, 9.17) is 4.74 Å². The lowest BCUT2D eigenvalue weighted by Gasteiger charge is -2.18. The molecule has 1 heterocycles. The van der Waals surface area contributed by atoms with Crippen molar-refractivity contribution < 1.29 is 9.84 Å². The zero-order valence-corrected chi connectivity index (χ0v) is 12.3. The van der Waals surface area contributed by atoms with Crippen LogP contribution in [0.25, 0.3) is 0 Å². The molecule has 0 aliphatic carbocycles. The third-order valence-corrected chi connectivity index (χ3v) is 4.02. The van der Waals surface area contributed by atoms with Gasteiger partial charge in [-0.15, -0.1) is 0 Å². The third-order valence-electron chi connectivity index (χ3n) is 4.02. The molecule has 0 spiro atoms. The molecule has 0 radical (unpaired) electrons. The molecule has 2 aromatic rings. The van der Waals surface area contributed by atoms with E-state index in [0.29, 0.717) is 6.61 Å². The van der Waals surface area contributed by atoms with Gasteiger partial charge in [-0.1, -0.05) is 36.4 Å². The lowest BCUT2D eigenvalue weighted by molar-refractivity contribution is 0.140. The smallest absolute Gasteiger partial charge is 0.120 e. The summed E-state index contributed by atoms with van der Waals surface area (Å²) in [4.78, 5) is 0. The number of hydrogen-bond acceptors (Lipinski definition) is 3. The predicted molar refractivity (Wildman–Crippen MR) is 83.3 cm³/mol. The molecule has 0 fully saturated rings. The summed E-state index contributed by atoms with van der Waals surface area (Å²) in [6.45, 7) is 3.46. The topological polar surface area (TPSA) is 41.5 Å². The Morgan fingerprint density at radius 2 is 2.00 bits per heavy atom. The second-order valence-electron chi connectivity index (χ2n) is 5.57. The molecule has 0 unspecified atom stereocenters. The molecular formula is C18H21NO2. The summed E-state index contributed by atoms with van der Waals surface area (Å²) in [5, 5.41) is 13.6. The van der Waals surface area contributed by atoms with Gasteiger partial charge in [-0.25, -0.2) is 0 Å². The van der Waals surface area contributed by atoms with Gasteiger partial charge in [0, 0.05) is 6.04 Å². The van der Waals surface area contributed by atoms with Crippen molar-refractivity contribution in [2.24, 2.45) is 0 Å². The highest BCUT2D eigenvalue weighted by atomic mass is 16.5. The molecule has 2 aromatic carbocycles. The first-order valence-corrected chi connectivity index (χ1v) is 7.45. The molecule has 110 valence electrons. The number of ether oxygens (including phenoxy) is 1. The van der Waals surface area contributed by atoms with E-state index in [1.165, 1.54) is 5.56 Å². The van der Waals surface area contributed by atoms with Gasteiger partial charge >= 0.3 is 0 Å². The normalized spacial score (nSPS) is 21.4. The molecule has 1 aliphatic rings. The molecule has 0 aromatic heterocycles. The Hall–Kier alpha value is -1.84. The third kappa shape index (κ3) is 3.26. The highest BCUT2D eigenvalue weighted by molar-refractivity contribution is 5.38. The minimum Gasteiger partial charge on any atom is -0.489 e. The lowest BCUT2D eigenvalue weighted by Crippen LogP contribution is -2.30. The van der Waals surface area contributed by atoms with Crippen LogP contribution in [0.2, 0.25) is 0 Å². The van der Waals surface area contributed by atoms with E-state index in [1.807, 2.05) is 37.3 Å². The minimum absolute atomic E-state index is 0.0855. The Labute approximate surface area is 125 Å². The first-order valence-electron chi connectivity index (χ1n) is 7.45. The molecule has 0 saturated carbocycles. The SMILES string of the molecule is C[C@H]1NCCc2cc(OCc3ccccc3)ccc2[C@H]1O. The van der Waals surface area contributed by atoms with Crippen LogP contribution in [0, 0.1) is 0 Å². The molecule has 2 N–H and O–H groups in total. The molecule has 1 aliphatic heterocycles. The van der Waals surface area contributed by atoms with Crippen LogP contribution in [0.4, 0.5) is 0 Å². The average molecular weight is 283 g/mol. The van der Waals surface area contributed by atoms with Gasteiger partial charge in [-0.2, -0.15) is 0 Å². The summed E-state index contributed by atoms with van der Waals surface area (Å²) >= 11 is 0. The zero-order valence-electron chi connectivity index (χ0n) is 12.3. The lowest BCUT2D eigenvalue weighted by atomic mass is 9.98. The largest absolute Gasteiger partial charge is 0.489 e. The fourth-order valence-corrected chi connectivity index (χ4v) is 2.73. The maximum Gasteiger partial charge on any atom is 0.120 e. The molecule has 2 atom stereocenters. The Kier molecular flexibility index (Phi) is 4.23. The zero-order chi connectivity index (χ0) is 14.7. The Morgan fingerprint density at radius 3 is 2.81 bits per heavy atom. The fraction of sp³-hybridized carbons (Fsp3) is 0.333. The Balaban J connectivity index is 1.75. The van der Waals surface area contributed by atoms with Crippen LogP contribution in [0.15, 0.2) is 48.5 Å². The average Bonchev–Trinajstić information content (AvgIpc) is 2.66. The van der Waals surface area contributed by atoms with Crippen LogP contribution >= 0.6 is 0 Å². The number of aliphatic hydroxyl groups is 1. The fourth-order valence-electron chi connectivity index (χ4n) is 2.73. The summed E-state index contributed by atoms with van der Waals surface area (Å²) in [5.41, 5.74) is 3.34. The van der Waals surface area contributed by atoms with Crippen molar-refractivity contribution in [3.63, 3.8) is 0 Å². The standard InChI is InChI=1S/C18H21NO2/c1-13-18(20)17-8-7-16(11-15(17)9-10-19-13)21-12-14-5-3-2-4-6-14/h2-8,11,13,18-20H,9-10,12H2,1H3/t13-,18+/m1/s1. The highest BCUT2D eigenvalue weighted by Crippen LogP contribution is 2.28. The number of nitrogens with one attached hydrogen (secondary N) is 1. The monoisotopic (exact) mass is 283 g/mol. The summed E-state index contributed by atoms with van der Waals surface area (Å²) in [6.07, 6.45) is 0.463. The van der Waals surface area contributed by atoms with E-state index in [1.54, 1.807) is 0 Å². The quantitative estimate of drug-likeness (QED) is 0.910. The predicted octanol–water partition coefficient (Wildman–Crippen LogP) is 2.83. The molecule has 3 heteroatoms. The number of aliphatic hydroxyl groups excluding tert-OH is 1. The van der Waals surface area contributed by atoms with Crippen LogP contribution in [-0.4, -0.2) is 17.7 Å². The highest BCUT2D eigenvalue weighted by Gasteiger charge is 2.22. The minimum atomic E-state index is -0.453. The van der Waals surface area contributed by atoms with Gasteiger partial charge in [-0.3, -0.25) is 0 Å². The van der Waals surface area contributed by atoms with E-state index >= 15 is 0 Å². The molecule has 3 nitrogen and oxygen atoms in total. The van der Waals surface area contributed by atoms with Crippen LogP contribution < -0.4 is 10.1 Å². The van der Waals surface area contributed by atoms with Crippen LogP contribution in [-0.2, 0) is 13.0 Å². The van der Waals surface area contributed by atoms with Crippen LogP contribution in [0.5, 0.6) is 5.75 Å². The van der Waals surface area contributed by atoms with Crippen molar-refractivity contribution in [1.29, 1.82) is 0 Å². The van der Waals surface area contributed by atoms with Gasteiger partial charge in [0.15, 0.2) is 0 Å². The number of benzene rings is 2. The van der Waals surface area contributed by atoms with E-state index in [0.717, 1.165) is 29.8 Å². The van der Waals surface area contributed by atoms with Gasteiger partial charge in [0.25, 0.3) is 0 Å². The van der Waals surface area contributed by atoms with Crippen LogP contribution in [0.1, 0.15) is 29.7 Å². The first kappa shape index (κ1) is 14.1. The van der Waals surface area contributed by atoms with E-state index in [2.05, 4.69) is 23.5 Å². The molecular weight excluding hydrogens is 262 g/mol. The Morgan fingerprint density at radius 1 is 1.19 bits per heavy atom. The van der Waals surface area contributed by atoms with Gasteiger partial charge in [0.1, 0.15) is 12.4 Å². The van der Waals surface area contributed by atoms with E-state index in [-0.39, 0.29) is 6.04 Å². The van der Waals surface area contributed by atoms with Gasteiger partial charge in [-0.05, 0) is 48.7 Å².